The lowest BCUT2D eigenvalue weighted by molar-refractivity contribution is 0.110. The van der Waals surface area contributed by atoms with Gasteiger partial charge in [-0.3, -0.25) is 4.79 Å². The molecule has 0 unspecified atom stereocenters. The molecule has 2 aromatic carbocycles. The Labute approximate surface area is 137 Å². The Morgan fingerprint density at radius 3 is 2.74 bits per heavy atom. The fourth-order valence-corrected chi connectivity index (χ4v) is 3.54. The number of carbonyl (C=O) groups excluding carboxylic acids is 1. The topological polar surface area (TPSA) is 43.1 Å². The van der Waals surface area contributed by atoms with Gasteiger partial charge in [-0.15, -0.1) is 11.3 Å². The molecule has 0 radical (unpaired) electrons. The predicted octanol–water partition coefficient (Wildman–Crippen LogP) is 5.34. The van der Waals surface area contributed by atoms with Crippen LogP contribution in [-0.4, -0.2) is 11.3 Å². The van der Waals surface area contributed by atoms with E-state index in [1.807, 2.05) is 31.2 Å². The molecule has 0 aliphatic rings. The summed E-state index contributed by atoms with van der Waals surface area (Å²) in [6.07, 6.45) is 0.718. The number of nitrogens with zero attached hydrogens (tertiary/aromatic N) is 1. The lowest BCUT2D eigenvalue weighted by atomic mass is 10.0. The molecule has 0 saturated heterocycles. The molecule has 0 spiro atoms. The fourth-order valence-electron chi connectivity index (χ4n) is 2.58. The van der Waals surface area contributed by atoms with Crippen LogP contribution in [0.25, 0.3) is 32.1 Å². The normalized spacial score (nSPS) is 11.0. The highest BCUT2D eigenvalue weighted by molar-refractivity contribution is 7.21. The van der Waals surface area contributed by atoms with Gasteiger partial charge in [-0.05, 0) is 42.8 Å². The number of thiazole rings is 1. The van der Waals surface area contributed by atoms with E-state index in [9.17, 15) is 4.79 Å². The van der Waals surface area contributed by atoms with Crippen molar-refractivity contribution >= 4 is 27.8 Å². The first kappa shape index (κ1) is 13.9. The van der Waals surface area contributed by atoms with E-state index < -0.39 is 0 Å². The molecule has 0 atom stereocenters. The second-order valence-corrected chi connectivity index (χ2v) is 6.37. The summed E-state index contributed by atoms with van der Waals surface area (Å²) < 4.78 is 6.74. The van der Waals surface area contributed by atoms with Crippen LogP contribution in [-0.2, 0) is 0 Å². The molecule has 2 heterocycles. The van der Waals surface area contributed by atoms with Crippen LogP contribution in [0, 0.1) is 6.92 Å². The van der Waals surface area contributed by atoms with Gasteiger partial charge in [0.05, 0.1) is 10.2 Å². The van der Waals surface area contributed by atoms with Crippen LogP contribution in [0.4, 0.5) is 0 Å². The molecule has 2 aromatic heterocycles. The maximum Gasteiger partial charge on any atom is 0.185 e. The number of aryl methyl sites for hydroxylation is 1. The molecule has 4 aromatic rings. The average molecular weight is 319 g/mol. The van der Waals surface area contributed by atoms with Crippen molar-refractivity contribution in [1.82, 2.24) is 4.98 Å². The quantitative estimate of drug-likeness (QED) is 0.478. The summed E-state index contributed by atoms with van der Waals surface area (Å²) in [5.41, 5.74) is 4.14. The van der Waals surface area contributed by atoms with Crippen molar-refractivity contribution in [2.75, 3.05) is 0 Å². The van der Waals surface area contributed by atoms with Gasteiger partial charge < -0.3 is 4.42 Å². The van der Waals surface area contributed by atoms with Crippen molar-refractivity contribution in [3.63, 3.8) is 0 Å². The van der Waals surface area contributed by atoms with Gasteiger partial charge in [-0.25, -0.2) is 4.98 Å². The first-order valence-corrected chi connectivity index (χ1v) is 8.08. The first-order chi connectivity index (χ1) is 11.2. The molecular formula is C19H13NO2S. The van der Waals surface area contributed by atoms with E-state index in [4.69, 9.17) is 9.40 Å². The van der Waals surface area contributed by atoms with Crippen molar-refractivity contribution in [1.29, 1.82) is 0 Å². The van der Waals surface area contributed by atoms with Crippen molar-refractivity contribution in [3.05, 3.63) is 65.9 Å². The maximum absolute atomic E-state index is 10.8. The summed E-state index contributed by atoms with van der Waals surface area (Å²) >= 11 is 1.67. The first-order valence-electron chi connectivity index (χ1n) is 7.26. The predicted molar refractivity (Wildman–Crippen MR) is 92.9 cm³/mol. The molecule has 4 heteroatoms. The van der Waals surface area contributed by atoms with Gasteiger partial charge in [0.15, 0.2) is 12.0 Å². The van der Waals surface area contributed by atoms with Gasteiger partial charge in [0, 0.05) is 11.1 Å². The summed E-state index contributed by atoms with van der Waals surface area (Å²) in [5, 5.41) is 0.981. The molecule has 0 saturated carbocycles. The Morgan fingerprint density at radius 1 is 1.09 bits per heavy atom. The van der Waals surface area contributed by atoms with Crippen LogP contribution in [0.15, 0.2) is 59.0 Å². The lowest BCUT2D eigenvalue weighted by Gasteiger charge is -2.05. The number of hydrogen-bond donors (Lipinski definition) is 0. The molecule has 4 rings (SSSR count). The van der Waals surface area contributed by atoms with Crippen molar-refractivity contribution in [3.8, 4) is 21.9 Å². The zero-order valence-corrected chi connectivity index (χ0v) is 13.3. The number of fused-ring (bicyclic) bond motifs is 1. The van der Waals surface area contributed by atoms with E-state index >= 15 is 0 Å². The molecule has 0 amide bonds. The number of aromatic nitrogens is 1. The zero-order chi connectivity index (χ0) is 15.8. The van der Waals surface area contributed by atoms with Crippen LogP contribution in [0.3, 0.4) is 0 Å². The highest BCUT2D eigenvalue weighted by atomic mass is 32.1. The molecule has 0 aliphatic heterocycles. The summed E-state index contributed by atoms with van der Waals surface area (Å²) in [7, 11) is 0. The van der Waals surface area contributed by atoms with Crippen LogP contribution < -0.4 is 0 Å². The average Bonchev–Trinajstić information content (AvgIpc) is 3.21. The number of aldehydes is 1. The van der Waals surface area contributed by atoms with Crippen LogP contribution in [0.5, 0.6) is 0 Å². The van der Waals surface area contributed by atoms with Gasteiger partial charge in [-0.1, -0.05) is 24.3 Å². The van der Waals surface area contributed by atoms with Crippen molar-refractivity contribution in [2.24, 2.45) is 0 Å². The minimum Gasteiger partial charge on any atom is -0.453 e. The number of carbonyl (C=O) groups is 1. The number of furan rings is 1. The van der Waals surface area contributed by atoms with E-state index in [0.29, 0.717) is 11.5 Å². The third-order valence-electron chi connectivity index (χ3n) is 3.79. The lowest BCUT2D eigenvalue weighted by Crippen LogP contribution is -1.84. The van der Waals surface area contributed by atoms with Gasteiger partial charge in [0.2, 0.25) is 0 Å². The largest absolute Gasteiger partial charge is 0.453 e. The Balaban J connectivity index is 1.83. The SMILES string of the molecule is Cc1ccc(-c2nc3ccccc3s2)cc1-c1ccc(C=O)o1. The Hall–Kier alpha value is -2.72. The van der Waals surface area contributed by atoms with Gasteiger partial charge in [0.25, 0.3) is 0 Å². The molecule has 0 fully saturated rings. The number of para-hydroxylation sites is 1. The van der Waals surface area contributed by atoms with E-state index in [2.05, 4.69) is 24.3 Å². The van der Waals surface area contributed by atoms with Gasteiger partial charge >= 0.3 is 0 Å². The van der Waals surface area contributed by atoms with E-state index in [1.54, 1.807) is 17.4 Å². The highest BCUT2D eigenvalue weighted by Gasteiger charge is 2.11. The molecule has 23 heavy (non-hydrogen) atoms. The third kappa shape index (κ3) is 2.47. The Kier molecular flexibility index (Phi) is 3.32. The second-order valence-electron chi connectivity index (χ2n) is 5.34. The molecule has 0 aliphatic carbocycles. The van der Waals surface area contributed by atoms with Crippen molar-refractivity contribution < 1.29 is 9.21 Å². The number of rotatable bonds is 3. The summed E-state index contributed by atoms with van der Waals surface area (Å²) in [5.74, 6) is 1.04. The fraction of sp³-hybridized carbons (Fsp3) is 0.0526. The summed E-state index contributed by atoms with van der Waals surface area (Å²) in [6, 6.07) is 17.8. The van der Waals surface area contributed by atoms with E-state index in [1.165, 1.54) is 4.70 Å². The minimum absolute atomic E-state index is 0.338. The van der Waals surface area contributed by atoms with Gasteiger partial charge in [-0.2, -0.15) is 0 Å². The second kappa shape index (κ2) is 5.48. The van der Waals surface area contributed by atoms with Gasteiger partial charge in [0.1, 0.15) is 10.8 Å². The molecule has 112 valence electrons. The highest BCUT2D eigenvalue weighted by Crippen LogP contribution is 2.34. The third-order valence-corrected chi connectivity index (χ3v) is 4.87. The number of hydrogen-bond acceptors (Lipinski definition) is 4. The van der Waals surface area contributed by atoms with E-state index in [0.717, 1.165) is 33.5 Å². The van der Waals surface area contributed by atoms with Crippen LogP contribution >= 0.6 is 11.3 Å². The van der Waals surface area contributed by atoms with Crippen LogP contribution in [0.2, 0.25) is 0 Å². The monoisotopic (exact) mass is 319 g/mol. The Morgan fingerprint density at radius 2 is 1.96 bits per heavy atom. The Bertz CT molecular complexity index is 980. The minimum atomic E-state index is 0.338. The molecule has 0 N–H and O–H groups in total. The smallest absolute Gasteiger partial charge is 0.185 e. The summed E-state index contributed by atoms with van der Waals surface area (Å²) in [6.45, 7) is 2.03. The molecule has 3 nitrogen and oxygen atoms in total. The zero-order valence-electron chi connectivity index (χ0n) is 12.4. The van der Waals surface area contributed by atoms with E-state index in [-0.39, 0.29) is 0 Å². The molecular weight excluding hydrogens is 306 g/mol. The maximum atomic E-state index is 10.8. The standard InChI is InChI=1S/C19H13NO2S/c1-12-6-7-13(10-15(12)17-9-8-14(11-21)22-17)19-20-16-4-2-3-5-18(16)23-19/h2-11H,1H3. The van der Waals surface area contributed by atoms with Crippen LogP contribution in [0.1, 0.15) is 16.1 Å². The molecule has 0 bridgehead atoms. The number of benzene rings is 2. The van der Waals surface area contributed by atoms with Crippen molar-refractivity contribution in [2.45, 2.75) is 6.92 Å². The summed E-state index contributed by atoms with van der Waals surface area (Å²) in [4.78, 5) is 15.5.